The third kappa shape index (κ3) is 4.10. The average molecular weight is 263 g/mol. The molecule has 0 radical (unpaired) electrons. The summed E-state index contributed by atoms with van der Waals surface area (Å²) in [5.41, 5.74) is 6.83. The van der Waals surface area contributed by atoms with Crippen LogP contribution in [0, 0.1) is 5.41 Å². The minimum absolute atomic E-state index is 0.0353. The summed E-state index contributed by atoms with van der Waals surface area (Å²) in [6.45, 7) is 8.84. The number of rotatable bonds is 4. The first kappa shape index (κ1) is 14.1. The molecule has 4 nitrogen and oxygen atoms in total. The summed E-state index contributed by atoms with van der Waals surface area (Å²) in [5, 5.41) is 0. The van der Waals surface area contributed by atoms with Crippen LogP contribution in [-0.4, -0.2) is 29.1 Å². The van der Waals surface area contributed by atoms with Crippen molar-refractivity contribution in [1.29, 1.82) is 0 Å². The van der Waals surface area contributed by atoms with Crippen molar-refractivity contribution in [3.8, 4) is 0 Å². The van der Waals surface area contributed by atoms with Gasteiger partial charge in [-0.2, -0.15) is 0 Å². The molecule has 0 aliphatic carbocycles. The number of hydrogen-bond donors (Lipinski definition) is 1. The zero-order chi connectivity index (χ0) is 13.9. The summed E-state index contributed by atoms with van der Waals surface area (Å²) in [5.74, 6) is 0. The Morgan fingerprint density at radius 3 is 2.84 bits per heavy atom. The number of aromatic nitrogens is 1. The summed E-state index contributed by atoms with van der Waals surface area (Å²) in [6, 6.07) is 3.20. The fraction of sp³-hybridized carbons (Fsp3) is 0.667. The highest BCUT2D eigenvalue weighted by Gasteiger charge is 2.25. The number of nitrogens with two attached hydrogens (primary N) is 1. The molecule has 19 heavy (non-hydrogen) atoms. The molecule has 4 heteroatoms. The van der Waals surface area contributed by atoms with Crippen LogP contribution >= 0.6 is 0 Å². The molecule has 106 valence electrons. The Hall–Kier alpha value is -1.29. The second-order valence-corrected chi connectivity index (χ2v) is 6.39. The van der Waals surface area contributed by atoms with E-state index in [2.05, 4.69) is 18.7 Å². The number of nitrogen functional groups attached to an aromatic ring is 1. The largest absolute Gasteiger partial charge is 0.398 e. The monoisotopic (exact) mass is 263 g/mol. The molecule has 2 rings (SSSR count). The van der Waals surface area contributed by atoms with Crippen molar-refractivity contribution >= 4 is 5.69 Å². The molecule has 0 spiro atoms. The van der Waals surface area contributed by atoms with E-state index < -0.39 is 0 Å². The number of aryl methyl sites for hydroxylation is 1. The number of nitrogens with zero attached hydrogens (tertiary/aromatic N) is 2. The average Bonchev–Trinajstić information content (AvgIpc) is 2.32. The first-order valence-electron chi connectivity index (χ1n) is 7.15. The van der Waals surface area contributed by atoms with Gasteiger partial charge in [-0.15, -0.1) is 0 Å². The number of likely N-dealkylation sites (tertiary alicyclic amines) is 1. The molecule has 0 amide bonds. The van der Waals surface area contributed by atoms with Gasteiger partial charge in [-0.1, -0.05) is 13.8 Å². The number of anilines is 1. The van der Waals surface area contributed by atoms with Crippen molar-refractivity contribution in [1.82, 2.24) is 9.47 Å². The van der Waals surface area contributed by atoms with Gasteiger partial charge in [0.05, 0.1) is 0 Å². The Bertz CT molecular complexity index is 479. The number of hydrogen-bond acceptors (Lipinski definition) is 3. The standard InChI is InChI=1S/C15H25N3O/c1-15(2)7-3-8-17(12-15)9-4-10-18-11-13(16)5-6-14(18)19/h5-6,11H,3-4,7-10,12,16H2,1-2H3. The minimum Gasteiger partial charge on any atom is -0.398 e. The van der Waals surface area contributed by atoms with Crippen LogP contribution < -0.4 is 11.3 Å². The maximum absolute atomic E-state index is 11.7. The third-order valence-corrected chi connectivity index (χ3v) is 3.86. The Balaban J connectivity index is 1.83. The molecule has 1 aromatic rings. The maximum atomic E-state index is 11.7. The van der Waals surface area contributed by atoms with E-state index in [0.29, 0.717) is 11.1 Å². The lowest BCUT2D eigenvalue weighted by Gasteiger charge is -2.38. The number of pyridine rings is 1. The highest BCUT2D eigenvalue weighted by molar-refractivity contribution is 5.33. The minimum atomic E-state index is 0.0353. The van der Waals surface area contributed by atoms with Crippen molar-refractivity contribution in [2.75, 3.05) is 25.4 Å². The molecule has 1 fully saturated rings. The smallest absolute Gasteiger partial charge is 0.250 e. The van der Waals surface area contributed by atoms with Crippen LogP contribution in [0.5, 0.6) is 0 Å². The van der Waals surface area contributed by atoms with Crippen LogP contribution in [0.2, 0.25) is 0 Å². The first-order valence-corrected chi connectivity index (χ1v) is 7.15. The Kier molecular flexibility index (Phi) is 4.30. The van der Waals surface area contributed by atoms with Crippen molar-refractivity contribution in [3.05, 3.63) is 28.7 Å². The summed E-state index contributed by atoms with van der Waals surface area (Å²) in [6.07, 6.45) is 5.34. The second-order valence-electron chi connectivity index (χ2n) is 6.39. The summed E-state index contributed by atoms with van der Waals surface area (Å²) in [4.78, 5) is 14.2. The van der Waals surface area contributed by atoms with Gasteiger partial charge in [0.15, 0.2) is 0 Å². The SMILES string of the molecule is CC1(C)CCCN(CCCn2cc(N)ccc2=O)C1. The Labute approximate surface area is 115 Å². The van der Waals surface area contributed by atoms with Gasteiger partial charge < -0.3 is 15.2 Å². The van der Waals surface area contributed by atoms with Gasteiger partial charge in [-0.3, -0.25) is 4.79 Å². The molecule has 2 N–H and O–H groups in total. The van der Waals surface area contributed by atoms with E-state index in [1.807, 2.05) is 0 Å². The topological polar surface area (TPSA) is 51.3 Å². The van der Waals surface area contributed by atoms with Gasteiger partial charge >= 0.3 is 0 Å². The van der Waals surface area contributed by atoms with Gasteiger partial charge in [0.1, 0.15) is 0 Å². The van der Waals surface area contributed by atoms with Gasteiger partial charge in [-0.25, -0.2) is 0 Å². The van der Waals surface area contributed by atoms with Gasteiger partial charge in [0.2, 0.25) is 0 Å². The van der Waals surface area contributed by atoms with Crippen molar-refractivity contribution in [3.63, 3.8) is 0 Å². The normalized spacial score (nSPS) is 19.5. The molecular formula is C15H25N3O. The van der Waals surface area contributed by atoms with Gasteiger partial charge in [-0.05, 0) is 43.8 Å². The molecule has 0 bridgehead atoms. The fourth-order valence-corrected chi connectivity index (χ4v) is 2.92. The molecule has 0 unspecified atom stereocenters. The van der Waals surface area contributed by atoms with Crippen LogP contribution in [0.15, 0.2) is 23.1 Å². The Morgan fingerprint density at radius 1 is 1.32 bits per heavy atom. The van der Waals surface area contributed by atoms with Crippen molar-refractivity contribution < 1.29 is 0 Å². The molecule has 1 aromatic heterocycles. The lowest BCUT2D eigenvalue weighted by molar-refractivity contribution is 0.115. The quantitative estimate of drug-likeness (QED) is 0.903. The van der Waals surface area contributed by atoms with E-state index in [1.165, 1.54) is 25.9 Å². The van der Waals surface area contributed by atoms with Crippen LogP contribution in [0.4, 0.5) is 5.69 Å². The van der Waals surface area contributed by atoms with Crippen molar-refractivity contribution in [2.24, 2.45) is 5.41 Å². The van der Waals surface area contributed by atoms with E-state index in [9.17, 15) is 4.79 Å². The van der Waals surface area contributed by atoms with E-state index in [0.717, 1.165) is 19.5 Å². The molecule has 1 aliphatic rings. The summed E-state index contributed by atoms with van der Waals surface area (Å²) >= 11 is 0. The van der Waals surface area contributed by atoms with Crippen LogP contribution in [0.1, 0.15) is 33.1 Å². The van der Waals surface area contributed by atoms with E-state index in [4.69, 9.17) is 5.73 Å². The molecule has 0 atom stereocenters. The molecule has 0 aromatic carbocycles. The van der Waals surface area contributed by atoms with Crippen LogP contribution in [0.25, 0.3) is 0 Å². The van der Waals surface area contributed by atoms with E-state index >= 15 is 0 Å². The first-order chi connectivity index (χ1) is 8.96. The predicted octanol–water partition coefficient (Wildman–Crippen LogP) is 1.94. The number of piperidine rings is 1. The predicted molar refractivity (Wildman–Crippen MR) is 79.2 cm³/mol. The van der Waals surface area contributed by atoms with Gasteiger partial charge in [0, 0.05) is 31.0 Å². The lowest BCUT2D eigenvalue weighted by atomic mass is 9.84. The van der Waals surface area contributed by atoms with Crippen LogP contribution in [0.3, 0.4) is 0 Å². The second kappa shape index (κ2) is 5.78. The highest BCUT2D eigenvalue weighted by Crippen LogP contribution is 2.28. The third-order valence-electron chi connectivity index (χ3n) is 3.86. The van der Waals surface area contributed by atoms with E-state index in [-0.39, 0.29) is 5.56 Å². The van der Waals surface area contributed by atoms with Crippen molar-refractivity contribution in [2.45, 2.75) is 39.7 Å². The lowest BCUT2D eigenvalue weighted by Crippen LogP contribution is -2.40. The van der Waals surface area contributed by atoms with Gasteiger partial charge in [0.25, 0.3) is 5.56 Å². The molecule has 1 saturated heterocycles. The molecular weight excluding hydrogens is 238 g/mol. The molecule has 1 aliphatic heterocycles. The maximum Gasteiger partial charge on any atom is 0.250 e. The highest BCUT2D eigenvalue weighted by atomic mass is 16.1. The zero-order valence-corrected chi connectivity index (χ0v) is 12.1. The van der Waals surface area contributed by atoms with E-state index in [1.54, 1.807) is 22.9 Å². The summed E-state index contributed by atoms with van der Waals surface area (Å²) < 4.78 is 1.71. The van der Waals surface area contributed by atoms with Crippen LogP contribution in [-0.2, 0) is 6.54 Å². The zero-order valence-electron chi connectivity index (χ0n) is 12.1. The summed E-state index contributed by atoms with van der Waals surface area (Å²) in [7, 11) is 0. The molecule has 2 heterocycles. The fourth-order valence-electron chi connectivity index (χ4n) is 2.92. The molecule has 0 saturated carbocycles. The Morgan fingerprint density at radius 2 is 2.11 bits per heavy atom.